The van der Waals surface area contributed by atoms with Gasteiger partial charge in [0.1, 0.15) is 6.26 Å². The molecule has 1 aromatic heterocycles. The Labute approximate surface area is 127 Å². The lowest BCUT2D eigenvalue weighted by Gasteiger charge is -2.14. The summed E-state index contributed by atoms with van der Waals surface area (Å²) in [4.78, 5) is 24.1. The van der Waals surface area contributed by atoms with Gasteiger partial charge < -0.3 is 24.5 Å². The van der Waals surface area contributed by atoms with Crippen molar-refractivity contribution in [2.24, 2.45) is 0 Å². The van der Waals surface area contributed by atoms with E-state index < -0.39 is 5.91 Å². The Bertz CT molecular complexity index is 679. The predicted molar refractivity (Wildman–Crippen MR) is 79.6 cm³/mol. The van der Waals surface area contributed by atoms with Crippen molar-refractivity contribution in [3.05, 3.63) is 41.9 Å². The zero-order chi connectivity index (χ0) is 16.1. The van der Waals surface area contributed by atoms with Crippen molar-refractivity contribution in [1.82, 2.24) is 5.32 Å². The zero-order valence-corrected chi connectivity index (χ0v) is 12.4. The smallest absolute Gasteiger partial charge is 0.258 e. The summed E-state index contributed by atoms with van der Waals surface area (Å²) in [6.45, 7) is 0. The average Bonchev–Trinajstić information content (AvgIpc) is 3.08. The van der Waals surface area contributed by atoms with Crippen LogP contribution >= 0.6 is 0 Å². The minimum atomic E-state index is -0.397. The standard InChI is InChI=1S/C15H16N2O5/c1-16-15(19)10-6-12(20-2)13(21-3)7-11(10)17-14(18)9-4-5-22-8-9/h4-8H,1-3H3,(H,16,19)(H,17,18). The summed E-state index contributed by atoms with van der Waals surface area (Å²) in [6.07, 6.45) is 2.71. The van der Waals surface area contributed by atoms with E-state index in [9.17, 15) is 9.59 Å². The number of hydrogen-bond donors (Lipinski definition) is 2. The number of rotatable bonds is 5. The molecule has 0 spiro atoms. The first-order chi connectivity index (χ1) is 10.6. The number of nitrogens with one attached hydrogen (secondary N) is 2. The van der Waals surface area contributed by atoms with E-state index >= 15 is 0 Å². The number of carbonyl (C=O) groups excluding carboxylic acids is 2. The lowest BCUT2D eigenvalue weighted by Crippen LogP contribution is -2.21. The fourth-order valence-electron chi connectivity index (χ4n) is 1.89. The van der Waals surface area contributed by atoms with E-state index in [1.165, 1.54) is 52.0 Å². The zero-order valence-electron chi connectivity index (χ0n) is 12.4. The van der Waals surface area contributed by atoms with Gasteiger partial charge in [-0.1, -0.05) is 0 Å². The van der Waals surface area contributed by atoms with Gasteiger partial charge in [0.15, 0.2) is 11.5 Å². The van der Waals surface area contributed by atoms with Crippen LogP contribution in [0, 0.1) is 0 Å². The molecule has 7 heteroatoms. The Kier molecular flexibility index (Phi) is 4.67. The third-order valence-corrected chi connectivity index (χ3v) is 3.03. The molecule has 2 rings (SSSR count). The van der Waals surface area contributed by atoms with Gasteiger partial charge in [-0.15, -0.1) is 0 Å². The molecule has 7 nitrogen and oxygen atoms in total. The maximum atomic E-state index is 12.1. The highest BCUT2D eigenvalue weighted by molar-refractivity contribution is 6.09. The number of ether oxygens (including phenoxy) is 2. The minimum Gasteiger partial charge on any atom is -0.493 e. The van der Waals surface area contributed by atoms with Crippen LogP contribution in [-0.2, 0) is 0 Å². The lowest BCUT2D eigenvalue weighted by atomic mass is 10.1. The Hall–Kier alpha value is -2.96. The summed E-state index contributed by atoms with van der Waals surface area (Å²) < 4.78 is 15.2. The summed E-state index contributed by atoms with van der Waals surface area (Å²) in [5.74, 6) is 0.0367. The number of carbonyl (C=O) groups is 2. The molecule has 1 aromatic carbocycles. The van der Waals surface area contributed by atoms with Gasteiger partial charge in [-0.3, -0.25) is 9.59 Å². The molecule has 0 saturated heterocycles. The lowest BCUT2D eigenvalue weighted by molar-refractivity contribution is 0.0963. The highest BCUT2D eigenvalue weighted by Crippen LogP contribution is 2.33. The topological polar surface area (TPSA) is 89.8 Å². The van der Waals surface area contributed by atoms with Crippen molar-refractivity contribution >= 4 is 17.5 Å². The summed E-state index contributed by atoms with van der Waals surface area (Å²) >= 11 is 0. The van der Waals surface area contributed by atoms with E-state index in [0.717, 1.165) is 0 Å². The van der Waals surface area contributed by atoms with Crippen molar-refractivity contribution < 1.29 is 23.5 Å². The fraction of sp³-hybridized carbons (Fsp3) is 0.200. The molecule has 0 bridgehead atoms. The average molecular weight is 304 g/mol. The van der Waals surface area contributed by atoms with E-state index in [0.29, 0.717) is 22.7 Å². The number of amides is 2. The highest BCUT2D eigenvalue weighted by atomic mass is 16.5. The summed E-state index contributed by atoms with van der Waals surface area (Å²) in [7, 11) is 4.44. The third-order valence-electron chi connectivity index (χ3n) is 3.03. The van der Waals surface area contributed by atoms with Crippen LogP contribution in [0.25, 0.3) is 0 Å². The third kappa shape index (κ3) is 3.03. The number of hydrogen-bond acceptors (Lipinski definition) is 5. The van der Waals surface area contributed by atoms with Gasteiger partial charge in [-0.25, -0.2) is 0 Å². The van der Waals surface area contributed by atoms with E-state index in [1.807, 2.05) is 0 Å². The van der Waals surface area contributed by atoms with E-state index in [4.69, 9.17) is 13.9 Å². The van der Waals surface area contributed by atoms with Crippen molar-refractivity contribution in [2.75, 3.05) is 26.6 Å². The van der Waals surface area contributed by atoms with Crippen molar-refractivity contribution in [3.8, 4) is 11.5 Å². The van der Waals surface area contributed by atoms with Crippen molar-refractivity contribution in [1.29, 1.82) is 0 Å². The van der Waals surface area contributed by atoms with Gasteiger partial charge >= 0.3 is 0 Å². The molecule has 2 N–H and O–H groups in total. The monoisotopic (exact) mass is 304 g/mol. The van der Waals surface area contributed by atoms with Crippen LogP contribution in [0.4, 0.5) is 5.69 Å². The van der Waals surface area contributed by atoms with Crippen LogP contribution < -0.4 is 20.1 Å². The van der Waals surface area contributed by atoms with Gasteiger partial charge in [0.25, 0.3) is 11.8 Å². The molecule has 2 amide bonds. The molecule has 0 radical (unpaired) electrons. The Morgan fingerprint density at radius 2 is 1.77 bits per heavy atom. The Balaban J connectivity index is 2.43. The highest BCUT2D eigenvalue weighted by Gasteiger charge is 2.18. The Morgan fingerprint density at radius 3 is 2.32 bits per heavy atom. The molecule has 2 aromatic rings. The van der Waals surface area contributed by atoms with Gasteiger partial charge in [0.05, 0.1) is 37.3 Å². The molecule has 116 valence electrons. The molecule has 0 fully saturated rings. The first kappa shape index (κ1) is 15.4. The van der Waals surface area contributed by atoms with Gasteiger partial charge in [-0.05, 0) is 12.1 Å². The molecule has 0 atom stereocenters. The molecule has 0 aliphatic rings. The second-order valence-electron chi connectivity index (χ2n) is 4.30. The quantitative estimate of drug-likeness (QED) is 0.880. The van der Waals surface area contributed by atoms with Gasteiger partial charge in [-0.2, -0.15) is 0 Å². The summed E-state index contributed by atoms with van der Waals surface area (Å²) in [6, 6.07) is 4.56. The molecule has 0 aliphatic carbocycles. The number of anilines is 1. The maximum absolute atomic E-state index is 12.1. The molecule has 0 unspecified atom stereocenters. The van der Waals surface area contributed by atoms with Crippen LogP contribution in [0.3, 0.4) is 0 Å². The van der Waals surface area contributed by atoms with Crippen molar-refractivity contribution in [3.63, 3.8) is 0 Å². The number of benzene rings is 1. The molecular formula is C15H16N2O5. The van der Waals surface area contributed by atoms with Crippen LogP contribution in [0.5, 0.6) is 11.5 Å². The molecule has 22 heavy (non-hydrogen) atoms. The largest absolute Gasteiger partial charge is 0.493 e. The molecular weight excluding hydrogens is 288 g/mol. The normalized spacial score (nSPS) is 9.95. The second-order valence-corrected chi connectivity index (χ2v) is 4.30. The van der Waals surface area contributed by atoms with Crippen molar-refractivity contribution in [2.45, 2.75) is 0 Å². The SMILES string of the molecule is CNC(=O)c1cc(OC)c(OC)cc1NC(=O)c1ccoc1. The molecule has 0 aliphatic heterocycles. The first-order valence-electron chi connectivity index (χ1n) is 6.42. The van der Waals surface area contributed by atoms with Gasteiger partial charge in [0, 0.05) is 13.1 Å². The number of furan rings is 1. The maximum Gasteiger partial charge on any atom is 0.258 e. The van der Waals surface area contributed by atoms with Gasteiger partial charge in [0.2, 0.25) is 0 Å². The second kappa shape index (κ2) is 6.66. The first-order valence-corrected chi connectivity index (χ1v) is 6.42. The Morgan fingerprint density at radius 1 is 1.09 bits per heavy atom. The van der Waals surface area contributed by atoms with E-state index in [2.05, 4.69) is 10.6 Å². The van der Waals surface area contributed by atoms with Crippen LogP contribution in [0.2, 0.25) is 0 Å². The van der Waals surface area contributed by atoms with Crippen LogP contribution in [0.1, 0.15) is 20.7 Å². The molecule has 0 saturated carbocycles. The van der Waals surface area contributed by atoms with E-state index in [1.54, 1.807) is 0 Å². The molecule has 1 heterocycles. The summed E-state index contributed by atoms with van der Waals surface area (Å²) in [5, 5.41) is 5.17. The fourth-order valence-corrected chi connectivity index (χ4v) is 1.89. The minimum absolute atomic E-state index is 0.261. The van der Waals surface area contributed by atoms with Crippen LogP contribution in [0.15, 0.2) is 35.1 Å². The summed E-state index contributed by atoms with van der Waals surface area (Å²) in [5.41, 5.74) is 0.915. The van der Waals surface area contributed by atoms with Crippen LogP contribution in [-0.4, -0.2) is 33.1 Å². The number of methoxy groups -OCH3 is 2. The van der Waals surface area contributed by atoms with E-state index in [-0.39, 0.29) is 11.5 Å². The predicted octanol–water partition coefficient (Wildman–Crippen LogP) is 1.91.